The molecule has 2 aromatic carbocycles. The molecule has 0 saturated carbocycles. The van der Waals surface area contributed by atoms with Crippen LogP contribution in [-0.4, -0.2) is 13.1 Å². The summed E-state index contributed by atoms with van der Waals surface area (Å²) in [5.41, 5.74) is 2.69. The summed E-state index contributed by atoms with van der Waals surface area (Å²) in [4.78, 5) is 2.29. The maximum Gasteiger partial charge on any atom is 0.123 e. The highest BCUT2D eigenvalue weighted by Gasteiger charge is 2.21. The molecule has 0 aromatic heterocycles. The molecule has 0 bridgehead atoms. The fraction of sp³-hybridized carbons (Fsp3) is 0.250. The van der Waals surface area contributed by atoms with Gasteiger partial charge in [-0.25, -0.2) is 4.39 Å². The number of hydrogen-bond acceptors (Lipinski definition) is 2. The molecule has 1 fully saturated rings. The summed E-state index contributed by atoms with van der Waals surface area (Å²) in [7, 11) is 0. The third-order valence-electron chi connectivity index (χ3n) is 4.34. The van der Waals surface area contributed by atoms with Crippen LogP contribution in [0, 0.1) is 23.1 Å². The van der Waals surface area contributed by atoms with E-state index in [2.05, 4.69) is 23.1 Å². The van der Waals surface area contributed by atoms with E-state index in [1.807, 2.05) is 24.3 Å². The van der Waals surface area contributed by atoms with Crippen molar-refractivity contribution in [3.63, 3.8) is 0 Å². The Morgan fingerprint density at radius 3 is 2.75 bits per heavy atom. The second-order valence-corrected chi connectivity index (χ2v) is 6.44. The van der Waals surface area contributed by atoms with Crippen molar-refractivity contribution in [1.29, 1.82) is 5.26 Å². The molecule has 1 aliphatic heterocycles. The van der Waals surface area contributed by atoms with Crippen LogP contribution in [0.4, 0.5) is 10.1 Å². The number of hydrogen-bond donors (Lipinski definition) is 0. The van der Waals surface area contributed by atoms with Gasteiger partial charge in [0.05, 0.1) is 10.6 Å². The maximum absolute atomic E-state index is 12.9. The van der Waals surface area contributed by atoms with Gasteiger partial charge in [-0.15, -0.1) is 0 Å². The first-order chi connectivity index (χ1) is 11.7. The Morgan fingerprint density at radius 2 is 2.04 bits per heavy atom. The number of allylic oxidation sites excluding steroid dienone is 1. The van der Waals surface area contributed by atoms with Crippen LogP contribution in [0.25, 0.3) is 0 Å². The van der Waals surface area contributed by atoms with Crippen molar-refractivity contribution in [2.75, 3.05) is 18.0 Å². The molecule has 122 valence electrons. The number of nitriles is 1. The molecule has 0 amide bonds. The summed E-state index contributed by atoms with van der Waals surface area (Å²) >= 11 is 6.12. The van der Waals surface area contributed by atoms with Crippen LogP contribution in [0.5, 0.6) is 0 Å². The Morgan fingerprint density at radius 1 is 1.25 bits per heavy atom. The van der Waals surface area contributed by atoms with Crippen molar-refractivity contribution in [3.05, 3.63) is 76.6 Å². The normalized spacial score (nSPS) is 17.4. The summed E-state index contributed by atoms with van der Waals surface area (Å²) in [6.45, 7) is 1.93. The molecule has 2 nitrogen and oxygen atoms in total. The van der Waals surface area contributed by atoms with Gasteiger partial charge in [-0.2, -0.15) is 5.26 Å². The fourth-order valence-electron chi connectivity index (χ4n) is 2.99. The van der Waals surface area contributed by atoms with E-state index in [-0.39, 0.29) is 5.82 Å². The molecule has 1 heterocycles. The minimum Gasteiger partial charge on any atom is -0.371 e. The van der Waals surface area contributed by atoms with Crippen molar-refractivity contribution in [1.82, 2.24) is 0 Å². The van der Waals surface area contributed by atoms with Gasteiger partial charge in [-0.3, -0.25) is 0 Å². The number of halogens is 2. The van der Waals surface area contributed by atoms with Crippen molar-refractivity contribution in [3.8, 4) is 6.07 Å². The first-order valence-electron chi connectivity index (χ1n) is 8.01. The zero-order valence-electron chi connectivity index (χ0n) is 13.3. The number of anilines is 1. The molecule has 4 heteroatoms. The van der Waals surface area contributed by atoms with E-state index in [0.717, 1.165) is 37.2 Å². The van der Waals surface area contributed by atoms with Crippen LogP contribution in [0.1, 0.15) is 17.5 Å². The maximum atomic E-state index is 12.9. The van der Waals surface area contributed by atoms with Gasteiger partial charge in [0, 0.05) is 18.8 Å². The smallest absolute Gasteiger partial charge is 0.123 e. The van der Waals surface area contributed by atoms with Gasteiger partial charge in [0.1, 0.15) is 11.9 Å². The summed E-state index contributed by atoms with van der Waals surface area (Å²) in [6, 6.07) is 14.3. The van der Waals surface area contributed by atoms with Crippen molar-refractivity contribution in [2.24, 2.45) is 5.92 Å². The highest BCUT2D eigenvalue weighted by atomic mass is 35.5. The molecule has 1 aliphatic rings. The fourth-order valence-corrected chi connectivity index (χ4v) is 3.20. The predicted molar refractivity (Wildman–Crippen MR) is 95.7 cm³/mol. The lowest BCUT2D eigenvalue weighted by Gasteiger charge is -2.18. The largest absolute Gasteiger partial charge is 0.371 e. The minimum atomic E-state index is -0.199. The average molecular weight is 341 g/mol. The Balaban J connectivity index is 1.57. The molecule has 3 rings (SSSR count). The second kappa shape index (κ2) is 7.51. The first kappa shape index (κ1) is 16.5. The van der Waals surface area contributed by atoms with E-state index < -0.39 is 0 Å². The first-order valence-corrected chi connectivity index (χ1v) is 8.39. The SMILES string of the molecule is N#Cc1ccc(N2CCC(/C=C/Cc3ccc(F)cc3)C2)cc1Cl. The van der Waals surface area contributed by atoms with E-state index in [0.29, 0.717) is 16.5 Å². The zero-order chi connectivity index (χ0) is 16.9. The molecule has 0 spiro atoms. The zero-order valence-corrected chi connectivity index (χ0v) is 14.0. The average Bonchev–Trinajstić information content (AvgIpc) is 3.05. The molecule has 24 heavy (non-hydrogen) atoms. The highest BCUT2D eigenvalue weighted by molar-refractivity contribution is 6.32. The molecular weight excluding hydrogens is 323 g/mol. The number of benzene rings is 2. The third kappa shape index (κ3) is 3.96. The summed E-state index contributed by atoms with van der Waals surface area (Å²) in [6.07, 6.45) is 6.32. The molecule has 0 aliphatic carbocycles. The van der Waals surface area contributed by atoms with Gasteiger partial charge in [0.2, 0.25) is 0 Å². The van der Waals surface area contributed by atoms with Crippen LogP contribution >= 0.6 is 11.6 Å². The van der Waals surface area contributed by atoms with E-state index in [4.69, 9.17) is 16.9 Å². The van der Waals surface area contributed by atoms with Gasteiger partial charge in [0.25, 0.3) is 0 Å². The summed E-state index contributed by atoms with van der Waals surface area (Å²) < 4.78 is 12.9. The standard InChI is InChI=1S/C20H18ClFN2/c21-20-12-19(9-6-17(20)13-23)24-11-10-16(14-24)3-1-2-15-4-7-18(22)8-5-15/h1,3-9,12,16H,2,10-11,14H2/b3-1+. The van der Waals surface area contributed by atoms with Crippen molar-refractivity contribution < 1.29 is 4.39 Å². The Labute approximate surface area is 146 Å². The van der Waals surface area contributed by atoms with Crippen LogP contribution in [-0.2, 0) is 6.42 Å². The quantitative estimate of drug-likeness (QED) is 0.734. The molecule has 1 unspecified atom stereocenters. The van der Waals surface area contributed by atoms with Crippen LogP contribution in [0.15, 0.2) is 54.6 Å². The van der Waals surface area contributed by atoms with Crippen LogP contribution < -0.4 is 4.90 Å². The lowest BCUT2D eigenvalue weighted by atomic mass is 10.1. The molecule has 0 radical (unpaired) electrons. The Bertz CT molecular complexity index is 777. The van der Waals surface area contributed by atoms with Gasteiger partial charge in [0.15, 0.2) is 0 Å². The Hall–Kier alpha value is -2.31. The van der Waals surface area contributed by atoms with E-state index in [9.17, 15) is 4.39 Å². The predicted octanol–water partition coefficient (Wildman–Crippen LogP) is 4.98. The van der Waals surface area contributed by atoms with Gasteiger partial charge in [-0.05, 0) is 54.7 Å². The van der Waals surface area contributed by atoms with Crippen LogP contribution in [0.2, 0.25) is 5.02 Å². The lowest BCUT2D eigenvalue weighted by Crippen LogP contribution is -2.19. The Kier molecular flexibility index (Phi) is 5.17. The minimum absolute atomic E-state index is 0.199. The van der Waals surface area contributed by atoms with E-state index in [1.54, 1.807) is 6.07 Å². The van der Waals surface area contributed by atoms with Gasteiger partial charge in [-0.1, -0.05) is 35.9 Å². The summed E-state index contributed by atoms with van der Waals surface area (Å²) in [5.74, 6) is 0.301. The molecule has 1 atom stereocenters. The summed E-state index contributed by atoms with van der Waals surface area (Å²) in [5, 5.41) is 9.45. The number of rotatable bonds is 4. The van der Waals surface area contributed by atoms with Crippen molar-refractivity contribution in [2.45, 2.75) is 12.8 Å². The topological polar surface area (TPSA) is 27.0 Å². The van der Waals surface area contributed by atoms with Gasteiger partial charge >= 0.3 is 0 Å². The molecular formula is C20H18ClFN2. The molecule has 0 N–H and O–H groups in total. The van der Waals surface area contributed by atoms with Gasteiger partial charge < -0.3 is 4.90 Å². The molecule has 1 saturated heterocycles. The van der Waals surface area contributed by atoms with E-state index in [1.165, 1.54) is 12.1 Å². The highest BCUT2D eigenvalue weighted by Crippen LogP contribution is 2.28. The van der Waals surface area contributed by atoms with E-state index >= 15 is 0 Å². The van der Waals surface area contributed by atoms with Crippen LogP contribution in [0.3, 0.4) is 0 Å². The third-order valence-corrected chi connectivity index (χ3v) is 4.65. The van der Waals surface area contributed by atoms with Crippen molar-refractivity contribution >= 4 is 17.3 Å². The lowest BCUT2D eigenvalue weighted by molar-refractivity contribution is 0.627. The second-order valence-electron chi connectivity index (χ2n) is 6.03. The molecule has 2 aromatic rings. The monoisotopic (exact) mass is 340 g/mol. The number of nitrogens with zero attached hydrogens (tertiary/aromatic N) is 2.